The molecule has 0 aliphatic carbocycles. The van der Waals surface area contributed by atoms with E-state index in [0.29, 0.717) is 19.4 Å². The highest BCUT2D eigenvalue weighted by molar-refractivity contribution is 5.98. The molecule has 2 aliphatic heterocycles. The smallest absolute Gasteiger partial charge is 0.249 e. The highest BCUT2D eigenvalue weighted by Gasteiger charge is 2.47. The van der Waals surface area contributed by atoms with Gasteiger partial charge in [0.25, 0.3) is 0 Å². The topological polar surface area (TPSA) is 58.6 Å². The van der Waals surface area contributed by atoms with Crippen LogP contribution in [0.15, 0.2) is 0 Å². The first-order valence-corrected chi connectivity index (χ1v) is 6.77. The summed E-state index contributed by atoms with van der Waals surface area (Å²) < 4.78 is 5.51. The van der Waals surface area contributed by atoms with Crippen molar-refractivity contribution in [3.63, 3.8) is 0 Å². The van der Waals surface area contributed by atoms with Crippen molar-refractivity contribution < 1.29 is 14.3 Å². The van der Waals surface area contributed by atoms with Crippen molar-refractivity contribution in [2.75, 3.05) is 13.2 Å². The van der Waals surface area contributed by atoms with Crippen molar-refractivity contribution >= 4 is 11.8 Å². The summed E-state index contributed by atoms with van der Waals surface area (Å²) in [5.41, 5.74) is -0.711. The van der Waals surface area contributed by atoms with Crippen molar-refractivity contribution in [3.05, 3.63) is 0 Å². The molecule has 0 radical (unpaired) electrons. The van der Waals surface area contributed by atoms with Crippen molar-refractivity contribution in [2.24, 2.45) is 0 Å². The van der Waals surface area contributed by atoms with E-state index in [-0.39, 0.29) is 30.5 Å². The standard InChI is InChI=1S/C13H22N2O3/c1-4-13(5-2)12(17)15(8-11(16)14-13)10-6-7-18-9(10)3/h9-10H,4-8H2,1-3H3,(H,14,16). The van der Waals surface area contributed by atoms with Gasteiger partial charge in [0, 0.05) is 6.61 Å². The predicted molar refractivity (Wildman–Crippen MR) is 67.0 cm³/mol. The highest BCUT2D eigenvalue weighted by Crippen LogP contribution is 2.28. The normalized spacial score (nSPS) is 31.6. The molecule has 0 aromatic carbocycles. The summed E-state index contributed by atoms with van der Waals surface area (Å²) >= 11 is 0. The minimum absolute atomic E-state index is 0.0197. The quantitative estimate of drug-likeness (QED) is 0.806. The summed E-state index contributed by atoms with van der Waals surface area (Å²) in [6.07, 6.45) is 2.11. The van der Waals surface area contributed by atoms with Gasteiger partial charge in [-0.3, -0.25) is 9.59 Å². The third kappa shape index (κ3) is 2.00. The Bertz CT molecular complexity index is 352. The zero-order valence-corrected chi connectivity index (χ0v) is 11.4. The average molecular weight is 254 g/mol. The van der Waals surface area contributed by atoms with E-state index >= 15 is 0 Å². The molecule has 2 atom stereocenters. The Hall–Kier alpha value is -1.10. The highest BCUT2D eigenvalue weighted by atomic mass is 16.5. The summed E-state index contributed by atoms with van der Waals surface area (Å²) in [5, 5.41) is 2.88. The van der Waals surface area contributed by atoms with Gasteiger partial charge in [-0.05, 0) is 26.2 Å². The van der Waals surface area contributed by atoms with Crippen molar-refractivity contribution in [1.82, 2.24) is 10.2 Å². The number of piperazine rings is 1. The third-order valence-corrected chi connectivity index (χ3v) is 4.31. The van der Waals surface area contributed by atoms with Crippen molar-refractivity contribution in [3.8, 4) is 0 Å². The van der Waals surface area contributed by atoms with E-state index < -0.39 is 5.54 Å². The largest absolute Gasteiger partial charge is 0.376 e. The lowest BCUT2D eigenvalue weighted by Crippen LogP contribution is -2.68. The molecule has 102 valence electrons. The van der Waals surface area contributed by atoms with Crippen LogP contribution < -0.4 is 5.32 Å². The maximum Gasteiger partial charge on any atom is 0.249 e. The van der Waals surface area contributed by atoms with E-state index in [2.05, 4.69) is 5.32 Å². The van der Waals surface area contributed by atoms with E-state index in [4.69, 9.17) is 4.74 Å². The fourth-order valence-electron chi connectivity index (χ4n) is 2.99. The molecule has 5 heteroatoms. The van der Waals surface area contributed by atoms with Crippen LogP contribution in [0.25, 0.3) is 0 Å². The maximum absolute atomic E-state index is 12.6. The lowest BCUT2D eigenvalue weighted by Gasteiger charge is -2.44. The Morgan fingerprint density at radius 2 is 2.06 bits per heavy atom. The molecule has 0 aromatic rings. The molecule has 2 heterocycles. The molecule has 2 aliphatic rings. The van der Waals surface area contributed by atoms with Gasteiger partial charge >= 0.3 is 0 Å². The molecular weight excluding hydrogens is 232 g/mol. The minimum atomic E-state index is -0.711. The van der Waals surface area contributed by atoms with Gasteiger partial charge in [-0.2, -0.15) is 0 Å². The summed E-state index contributed by atoms with van der Waals surface area (Å²) in [6.45, 7) is 6.69. The van der Waals surface area contributed by atoms with Gasteiger partial charge in [-0.25, -0.2) is 0 Å². The number of rotatable bonds is 3. The zero-order valence-electron chi connectivity index (χ0n) is 11.4. The van der Waals surface area contributed by atoms with Crippen LogP contribution in [0, 0.1) is 0 Å². The van der Waals surface area contributed by atoms with E-state index in [1.165, 1.54) is 0 Å². The minimum Gasteiger partial charge on any atom is -0.376 e. The molecule has 0 aromatic heterocycles. The van der Waals surface area contributed by atoms with Crippen LogP contribution in [0.2, 0.25) is 0 Å². The molecule has 0 saturated carbocycles. The summed E-state index contributed by atoms with van der Waals surface area (Å²) in [6, 6.07) is 0.0426. The van der Waals surface area contributed by atoms with Gasteiger partial charge < -0.3 is 15.0 Å². The van der Waals surface area contributed by atoms with Crippen LogP contribution in [0.1, 0.15) is 40.0 Å². The maximum atomic E-state index is 12.6. The molecule has 0 spiro atoms. The fourth-order valence-corrected chi connectivity index (χ4v) is 2.99. The first-order valence-electron chi connectivity index (χ1n) is 6.77. The van der Waals surface area contributed by atoms with Crippen LogP contribution in [-0.4, -0.2) is 47.6 Å². The van der Waals surface area contributed by atoms with Gasteiger partial charge in [0.05, 0.1) is 12.1 Å². The molecule has 18 heavy (non-hydrogen) atoms. The SMILES string of the molecule is CCC1(CC)NC(=O)CN(C2CCOC2C)C1=O. The molecule has 2 amide bonds. The van der Waals surface area contributed by atoms with Crippen LogP contribution in [0.5, 0.6) is 0 Å². The molecule has 0 bridgehead atoms. The fraction of sp³-hybridized carbons (Fsp3) is 0.846. The Kier molecular flexibility index (Phi) is 3.61. The third-order valence-electron chi connectivity index (χ3n) is 4.31. The number of hydrogen-bond acceptors (Lipinski definition) is 3. The van der Waals surface area contributed by atoms with E-state index in [9.17, 15) is 9.59 Å². The number of ether oxygens (including phenoxy) is 1. The van der Waals surface area contributed by atoms with Gasteiger partial charge in [0.15, 0.2) is 0 Å². The second-order valence-corrected chi connectivity index (χ2v) is 5.20. The van der Waals surface area contributed by atoms with Gasteiger partial charge in [0.2, 0.25) is 11.8 Å². The first kappa shape index (κ1) is 13.3. The van der Waals surface area contributed by atoms with Crippen LogP contribution in [-0.2, 0) is 14.3 Å². The number of amides is 2. The second kappa shape index (κ2) is 4.88. The molecule has 2 saturated heterocycles. The molecule has 2 unspecified atom stereocenters. The number of nitrogens with zero attached hydrogens (tertiary/aromatic N) is 1. The number of nitrogens with one attached hydrogen (secondary N) is 1. The summed E-state index contributed by atoms with van der Waals surface area (Å²) in [4.78, 5) is 26.2. The predicted octanol–water partition coefficient (Wildman–Crippen LogP) is 0.681. The molecular formula is C13H22N2O3. The Balaban J connectivity index is 2.25. The van der Waals surface area contributed by atoms with Crippen molar-refractivity contribution in [1.29, 1.82) is 0 Å². The average Bonchev–Trinajstić information content (AvgIpc) is 2.78. The van der Waals surface area contributed by atoms with Gasteiger partial charge in [-0.1, -0.05) is 13.8 Å². The molecule has 5 nitrogen and oxygen atoms in total. The summed E-state index contributed by atoms with van der Waals surface area (Å²) in [5.74, 6) is -0.00755. The monoisotopic (exact) mass is 254 g/mol. The number of carbonyl (C=O) groups excluding carboxylic acids is 2. The number of hydrogen-bond donors (Lipinski definition) is 1. The Morgan fingerprint density at radius 1 is 1.39 bits per heavy atom. The van der Waals surface area contributed by atoms with E-state index in [1.54, 1.807) is 4.90 Å². The van der Waals surface area contributed by atoms with E-state index in [1.807, 2.05) is 20.8 Å². The first-order chi connectivity index (χ1) is 8.54. The lowest BCUT2D eigenvalue weighted by atomic mass is 9.87. The molecule has 2 rings (SSSR count). The van der Waals surface area contributed by atoms with Gasteiger partial charge in [0.1, 0.15) is 12.1 Å². The molecule has 2 fully saturated rings. The van der Waals surface area contributed by atoms with Gasteiger partial charge in [-0.15, -0.1) is 0 Å². The summed E-state index contributed by atoms with van der Waals surface area (Å²) in [7, 11) is 0. The van der Waals surface area contributed by atoms with E-state index in [0.717, 1.165) is 6.42 Å². The van der Waals surface area contributed by atoms with Crippen LogP contribution in [0.3, 0.4) is 0 Å². The lowest BCUT2D eigenvalue weighted by molar-refractivity contribution is -0.153. The zero-order chi connectivity index (χ0) is 13.3. The van der Waals surface area contributed by atoms with Crippen LogP contribution >= 0.6 is 0 Å². The Labute approximate surface area is 108 Å². The number of carbonyl (C=O) groups is 2. The van der Waals surface area contributed by atoms with Crippen LogP contribution in [0.4, 0.5) is 0 Å². The molecule has 1 N–H and O–H groups in total. The van der Waals surface area contributed by atoms with Crippen molar-refractivity contribution in [2.45, 2.75) is 57.7 Å². The Morgan fingerprint density at radius 3 is 2.56 bits per heavy atom. The second-order valence-electron chi connectivity index (χ2n) is 5.20.